The van der Waals surface area contributed by atoms with E-state index < -0.39 is 9.84 Å². The van der Waals surface area contributed by atoms with Gasteiger partial charge in [0.1, 0.15) is 9.61 Å². The van der Waals surface area contributed by atoms with Crippen molar-refractivity contribution < 1.29 is 8.42 Å². The lowest BCUT2D eigenvalue weighted by Crippen LogP contribution is -2.32. The number of aryl methyl sites for hydroxylation is 1. The van der Waals surface area contributed by atoms with Crippen molar-refractivity contribution >= 4 is 55.5 Å². The van der Waals surface area contributed by atoms with Gasteiger partial charge in [-0.2, -0.15) is 0 Å². The van der Waals surface area contributed by atoms with E-state index in [-0.39, 0.29) is 9.61 Å². The fourth-order valence-electron chi connectivity index (χ4n) is 2.04. The minimum atomic E-state index is -3.38. The van der Waals surface area contributed by atoms with Gasteiger partial charge >= 0.3 is 0 Å². The third-order valence-corrected chi connectivity index (χ3v) is 6.99. The molecular weight excluding hydrogens is 342 g/mol. The van der Waals surface area contributed by atoms with Gasteiger partial charge < -0.3 is 5.32 Å². The largest absolute Gasteiger partial charge is 0.363 e. The molecule has 0 saturated carbocycles. The number of benzene rings is 1. The van der Waals surface area contributed by atoms with Gasteiger partial charge in [0.2, 0.25) is 0 Å². The highest BCUT2D eigenvalue weighted by Crippen LogP contribution is 2.37. The molecule has 1 aliphatic heterocycles. The van der Waals surface area contributed by atoms with Crippen LogP contribution in [0, 0.1) is 6.92 Å². The quantitative estimate of drug-likeness (QED) is 0.831. The summed E-state index contributed by atoms with van der Waals surface area (Å²) in [4.78, 5) is 0.237. The van der Waals surface area contributed by atoms with Crippen LogP contribution in [0.1, 0.15) is 18.1 Å². The van der Waals surface area contributed by atoms with Crippen molar-refractivity contribution in [2.75, 3.05) is 12.0 Å². The van der Waals surface area contributed by atoms with Gasteiger partial charge in [-0.15, -0.1) is 11.8 Å². The molecule has 1 N–H and O–H groups in total. The maximum absolute atomic E-state index is 12.1. The van der Waals surface area contributed by atoms with Crippen LogP contribution in [0.5, 0.6) is 0 Å². The number of hydrogen-bond acceptors (Lipinski definition) is 6. The van der Waals surface area contributed by atoms with E-state index in [9.17, 15) is 8.42 Å². The van der Waals surface area contributed by atoms with Crippen LogP contribution in [-0.4, -0.2) is 29.3 Å². The molecule has 0 saturated heterocycles. The van der Waals surface area contributed by atoms with Crippen molar-refractivity contribution in [3.8, 4) is 0 Å². The van der Waals surface area contributed by atoms with E-state index in [1.807, 2.05) is 31.2 Å². The summed E-state index contributed by atoms with van der Waals surface area (Å²) in [7, 11) is -3.38. The molecule has 0 fully saturated rings. The summed E-state index contributed by atoms with van der Waals surface area (Å²) in [5, 5.41) is 3.32. The fourth-order valence-corrected chi connectivity index (χ4v) is 6.57. The molecule has 7 heteroatoms. The molecule has 0 bridgehead atoms. The first-order valence-corrected chi connectivity index (χ1v) is 10.7. The number of hydrogen-bond donors (Lipinski definition) is 1. The Morgan fingerprint density at radius 1 is 1.43 bits per heavy atom. The summed E-state index contributed by atoms with van der Waals surface area (Å²) < 4.78 is 24.7. The third-order valence-electron chi connectivity index (χ3n) is 2.88. The zero-order valence-corrected chi connectivity index (χ0v) is 15.3. The minimum Gasteiger partial charge on any atom is -0.363 e. The van der Waals surface area contributed by atoms with Gasteiger partial charge in [-0.25, -0.2) is 8.42 Å². The molecule has 1 heterocycles. The Morgan fingerprint density at radius 3 is 2.71 bits per heavy atom. The first-order valence-electron chi connectivity index (χ1n) is 6.43. The summed E-state index contributed by atoms with van der Waals surface area (Å²) in [6.45, 7) is 4.05. The Balaban J connectivity index is 2.59. The van der Waals surface area contributed by atoms with E-state index in [1.165, 1.54) is 18.0 Å². The average molecular weight is 360 g/mol. The van der Waals surface area contributed by atoms with Gasteiger partial charge in [0.05, 0.1) is 9.89 Å². The number of sulfone groups is 1. The molecule has 1 atom stereocenters. The summed E-state index contributed by atoms with van der Waals surface area (Å²) in [6.07, 6.45) is 1.21. The van der Waals surface area contributed by atoms with E-state index in [0.29, 0.717) is 9.89 Å². The van der Waals surface area contributed by atoms with E-state index >= 15 is 0 Å². The maximum Gasteiger partial charge on any atom is 0.179 e. The molecule has 0 aliphatic carbocycles. The lowest BCUT2D eigenvalue weighted by Gasteiger charge is -2.28. The van der Waals surface area contributed by atoms with Crippen molar-refractivity contribution in [3.05, 3.63) is 40.3 Å². The molecule has 0 aromatic heterocycles. The van der Waals surface area contributed by atoms with E-state index in [0.717, 1.165) is 16.9 Å². The van der Waals surface area contributed by atoms with Crippen LogP contribution in [0.4, 0.5) is 0 Å². The topological polar surface area (TPSA) is 46.2 Å². The van der Waals surface area contributed by atoms with Crippen LogP contribution in [0.3, 0.4) is 0 Å². The second kappa shape index (κ2) is 6.73. The maximum atomic E-state index is 12.1. The Hall–Kier alpha value is -0.500. The first kappa shape index (κ1) is 16.9. The zero-order chi connectivity index (χ0) is 15.6. The highest BCUT2D eigenvalue weighted by Gasteiger charge is 2.31. The standard InChI is InChI=1S/C14H17NO2S4/c1-4-19-14-15-11(10-7-5-6-9(2)8-10)12(13(18)20-14)21(3,16)17/h5-8,14-15H,4H2,1-3H3. The normalized spacial score (nSPS) is 19.6. The zero-order valence-electron chi connectivity index (χ0n) is 12.0. The van der Waals surface area contributed by atoms with Crippen LogP contribution in [0.2, 0.25) is 0 Å². The molecule has 2 rings (SSSR count). The second-order valence-corrected chi connectivity index (χ2v) is 10.1. The van der Waals surface area contributed by atoms with E-state index in [1.54, 1.807) is 11.8 Å². The number of thioether (sulfide) groups is 2. The van der Waals surface area contributed by atoms with E-state index in [4.69, 9.17) is 12.2 Å². The van der Waals surface area contributed by atoms with Gasteiger partial charge in [-0.1, -0.05) is 54.7 Å². The molecule has 0 amide bonds. The fraction of sp³-hybridized carbons (Fsp3) is 0.357. The molecule has 1 unspecified atom stereocenters. The lowest BCUT2D eigenvalue weighted by molar-refractivity contribution is 0.609. The van der Waals surface area contributed by atoms with Crippen molar-refractivity contribution in [2.24, 2.45) is 0 Å². The minimum absolute atomic E-state index is 0.0449. The molecular formula is C14H17NO2S4. The Bertz CT molecular complexity index is 695. The van der Waals surface area contributed by atoms with Crippen LogP contribution >= 0.6 is 35.7 Å². The molecule has 1 aromatic rings. The first-order chi connectivity index (χ1) is 9.82. The molecule has 0 radical (unpaired) electrons. The van der Waals surface area contributed by atoms with Crippen LogP contribution in [0.15, 0.2) is 29.2 Å². The lowest BCUT2D eigenvalue weighted by atomic mass is 10.1. The van der Waals surface area contributed by atoms with Crippen molar-refractivity contribution in [3.63, 3.8) is 0 Å². The Labute approximate surface area is 139 Å². The molecule has 1 aliphatic rings. The van der Waals surface area contributed by atoms with Gasteiger partial charge in [0, 0.05) is 6.26 Å². The SMILES string of the molecule is CCSC1NC(c2cccc(C)c2)=C(S(C)(=O)=O)C(=S)S1. The number of thiocarbonyl (C=S) groups is 1. The number of rotatable bonds is 4. The molecule has 1 aromatic carbocycles. The third kappa shape index (κ3) is 4.03. The highest BCUT2D eigenvalue weighted by molar-refractivity contribution is 8.32. The van der Waals surface area contributed by atoms with E-state index in [2.05, 4.69) is 12.2 Å². The Kier molecular flexibility index (Phi) is 5.40. The average Bonchev–Trinajstić information content (AvgIpc) is 2.36. The monoisotopic (exact) mass is 359 g/mol. The summed E-state index contributed by atoms with van der Waals surface area (Å²) in [6, 6.07) is 7.79. The summed E-state index contributed by atoms with van der Waals surface area (Å²) in [5.41, 5.74) is 2.56. The number of nitrogens with one attached hydrogen (secondary N) is 1. The van der Waals surface area contributed by atoms with Crippen molar-refractivity contribution in [1.29, 1.82) is 0 Å². The van der Waals surface area contributed by atoms with Gasteiger partial charge in [-0.3, -0.25) is 0 Å². The highest BCUT2D eigenvalue weighted by atomic mass is 32.2. The molecule has 114 valence electrons. The molecule has 3 nitrogen and oxygen atoms in total. The van der Waals surface area contributed by atoms with Crippen LogP contribution in [0.25, 0.3) is 5.70 Å². The molecule has 21 heavy (non-hydrogen) atoms. The second-order valence-electron chi connectivity index (χ2n) is 4.68. The van der Waals surface area contributed by atoms with Crippen molar-refractivity contribution in [2.45, 2.75) is 18.6 Å². The Morgan fingerprint density at radius 2 is 2.14 bits per heavy atom. The predicted molar refractivity (Wildman–Crippen MR) is 98.2 cm³/mol. The van der Waals surface area contributed by atoms with Gasteiger partial charge in [0.15, 0.2) is 9.84 Å². The van der Waals surface area contributed by atoms with Crippen molar-refractivity contribution in [1.82, 2.24) is 5.32 Å². The smallest absolute Gasteiger partial charge is 0.179 e. The summed E-state index contributed by atoms with van der Waals surface area (Å²) in [5.74, 6) is 0.933. The summed E-state index contributed by atoms with van der Waals surface area (Å²) >= 11 is 8.45. The van der Waals surface area contributed by atoms with Crippen LogP contribution < -0.4 is 5.32 Å². The van der Waals surface area contributed by atoms with Gasteiger partial charge in [0.25, 0.3) is 0 Å². The van der Waals surface area contributed by atoms with Gasteiger partial charge in [-0.05, 0) is 24.3 Å². The molecule has 0 spiro atoms. The predicted octanol–water partition coefficient (Wildman–Crippen LogP) is 3.41. The van der Waals surface area contributed by atoms with Crippen LogP contribution in [-0.2, 0) is 9.84 Å².